The number of imidazole rings is 1. The van der Waals surface area contributed by atoms with Crippen LogP contribution in [0.25, 0.3) is 4.96 Å². The van der Waals surface area contributed by atoms with E-state index in [1.54, 1.807) is 0 Å². The molecule has 0 N–H and O–H groups in total. The van der Waals surface area contributed by atoms with Crippen LogP contribution in [0.2, 0.25) is 0 Å². The predicted octanol–water partition coefficient (Wildman–Crippen LogP) is 5.00. The average Bonchev–Trinajstić information content (AvgIpc) is 3.31. The number of aromatic nitrogens is 2. The van der Waals surface area contributed by atoms with Gasteiger partial charge in [0.15, 0.2) is 4.96 Å². The Kier molecular flexibility index (Phi) is 6.02. The van der Waals surface area contributed by atoms with Crippen LogP contribution >= 0.6 is 33.9 Å². The summed E-state index contributed by atoms with van der Waals surface area (Å²) in [6.45, 7) is 2.83. The third kappa shape index (κ3) is 3.83. The fourth-order valence-electron chi connectivity index (χ4n) is 3.68. The highest BCUT2D eigenvalue weighted by atomic mass is 127. The fourth-order valence-corrected chi connectivity index (χ4v) is 5.73. The van der Waals surface area contributed by atoms with Crippen molar-refractivity contribution >= 4 is 44.8 Å². The van der Waals surface area contributed by atoms with Crippen molar-refractivity contribution in [3.05, 3.63) is 59.4 Å². The minimum absolute atomic E-state index is 0.0140. The molecule has 1 aliphatic heterocycles. The summed E-state index contributed by atoms with van der Waals surface area (Å²) in [6.07, 6.45) is 6.59. The van der Waals surface area contributed by atoms with Crippen molar-refractivity contribution in [3.63, 3.8) is 0 Å². The van der Waals surface area contributed by atoms with Crippen molar-refractivity contribution in [1.82, 2.24) is 14.3 Å². The Morgan fingerprint density at radius 2 is 2.18 bits per heavy atom. The minimum atomic E-state index is -0.0988. The summed E-state index contributed by atoms with van der Waals surface area (Å²) in [5.74, 6) is 7.10. The summed E-state index contributed by atoms with van der Waals surface area (Å²) in [5.41, 5.74) is 1.84. The van der Waals surface area contributed by atoms with E-state index in [0.717, 1.165) is 24.2 Å². The van der Waals surface area contributed by atoms with Crippen molar-refractivity contribution < 1.29 is 4.79 Å². The zero-order valence-corrected chi connectivity index (χ0v) is 18.7. The SMILES string of the molecule is CCCC#C[C@@H]1[C@H](I)[C@@H](c2ccccc2)CCN1C(=O)c1cn2ccsc2n1. The molecule has 4 rings (SSSR count). The molecule has 3 aromatic rings. The second-order valence-corrected chi connectivity index (χ2v) is 9.30. The Balaban J connectivity index is 1.63. The van der Waals surface area contributed by atoms with Crippen molar-refractivity contribution in [3.8, 4) is 11.8 Å². The van der Waals surface area contributed by atoms with Gasteiger partial charge in [0.2, 0.25) is 0 Å². The first-order chi connectivity index (χ1) is 13.7. The molecule has 0 spiro atoms. The van der Waals surface area contributed by atoms with Gasteiger partial charge >= 0.3 is 0 Å². The average molecular weight is 503 g/mol. The zero-order chi connectivity index (χ0) is 19.5. The molecule has 1 saturated heterocycles. The van der Waals surface area contributed by atoms with Gasteiger partial charge < -0.3 is 4.90 Å². The number of nitrogens with zero attached hydrogens (tertiary/aromatic N) is 3. The van der Waals surface area contributed by atoms with E-state index in [-0.39, 0.29) is 15.9 Å². The van der Waals surface area contributed by atoms with Gasteiger partial charge in [0.05, 0.1) is 0 Å². The van der Waals surface area contributed by atoms with Crippen LogP contribution in [0.4, 0.5) is 0 Å². The molecule has 3 atom stereocenters. The quantitative estimate of drug-likeness (QED) is 0.287. The maximum atomic E-state index is 13.3. The lowest BCUT2D eigenvalue weighted by atomic mass is 9.85. The van der Waals surface area contributed by atoms with E-state index in [2.05, 4.69) is 70.6 Å². The second kappa shape index (κ2) is 8.66. The maximum Gasteiger partial charge on any atom is 0.275 e. The molecule has 0 unspecified atom stereocenters. The van der Waals surface area contributed by atoms with Crippen molar-refractivity contribution in [2.45, 2.75) is 42.1 Å². The van der Waals surface area contributed by atoms with Crippen LogP contribution in [-0.4, -0.2) is 36.7 Å². The predicted molar refractivity (Wildman–Crippen MR) is 122 cm³/mol. The molecule has 1 aliphatic rings. The van der Waals surface area contributed by atoms with Gasteiger partial charge in [-0.1, -0.05) is 65.8 Å². The maximum absolute atomic E-state index is 13.3. The third-order valence-electron chi connectivity index (χ3n) is 5.13. The van der Waals surface area contributed by atoms with Crippen molar-refractivity contribution in [2.75, 3.05) is 6.54 Å². The normalized spacial score (nSPS) is 22.1. The Labute approximate surface area is 183 Å². The number of rotatable bonds is 3. The van der Waals surface area contributed by atoms with Crippen LogP contribution in [0.3, 0.4) is 0 Å². The summed E-state index contributed by atoms with van der Waals surface area (Å²) in [7, 11) is 0. The molecule has 3 heterocycles. The molecular formula is C22H22IN3OS. The van der Waals surface area contributed by atoms with E-state index in [9.17, 15) is 4.79 Å². The van der Waals surface area contributed by atoms with Crippen LogP contribution in [-0.2, 0) is 0 Å². The summed E-state index contributed by atoms with van der Waals surface area (Å²) in [5, 5.41) is 1.97. The first kappa shape index (κ1) is 19.5. The number of thiazole rings is 1. The number of likely N-dealkylation sites (tertiary alicyclic amines) is 1. The highest BCUT2D eigenvalue weighted by molar-refractivity contribution is 14.1. The topological polar surface area (TPSA) is 37.6 Å². The molecule has 0 bridgehead atoms. The standard InChI is InChI=1S/C22H22IN3OS/c1-2-3-5-10-19-20(23)17(16-8-6-4-7-9-16)11-12-26(19)21(27)18-15-25-13-14-28-22(25)24-18/h4,6-9,13-15,17,19-20H,2-3,11-12H2,1H3/t17-,19-,20-/m1/s1. The van der Waals surface area contributed by atoms with Crippen LogP contribution in [0.15, 0.2) is 48.1 Å². The van der Waals surface area contributed by atoms with E-state index >= 15 is 0 Å². The summed E-state index contributed by atoms with van der Waals surface area (Å²) in [6, 6.07) is 10.5. The Morgan fingerprint density at radius 3 is 2.93 bits per heavy atom. The number of hydrogen-bond donors (Lipinski definition) is 0. The molecule has 1 fully saturated rings. The van der Waals surface area contributed by atoms with Gasteiger partial charge in [-0.2, -0.15) is 0 Å². The van der Waals surface area contributed by atoms with E-state index in [4.69, 9.17) is 0 Å². The Bertz CT molecular complexity index is 988. The molecule has 4 nitrogen and oxygen atoms in total. The second-order valence-electron chi connectivity index (χ2n) is 6.98. The molecule has 0 aliphatic carbocycles. The number of hydrogen-bond acceptors (Lipinski definition) is 3. The van der Waals surface area contributed by atoms with E-state index in [1.165, 1.54) is 16.9 Å². The van der Waals surface area contributed by atoms with Crippen LogP contribution in [0, 0.1) is 11.8 Å². The Hall–Kier alpha value is -1.85. The highest BCUT2D eigenvalue weighted by Crippen LogP contribution is 2.37. The lowest BCUT2D eigenvalue weighted by Gasteiger charge is -2.41. The molecule has 144 valence electrons. The molecule has 0 saturated carbocycles. The van der Waals surface area contributed by atoms with Gasteiger partial charge in [-0.3, -0.25) is 9.20 Å². The van der Waals surface area contributed by atoms with Crippen LogP contribution < -0.4 is 0 Å². The van der Waals surface area contributed by atoms with Crippen molar-refractivity contribution in [1.29, 1.82) is 0 Å². The summed E-state index contributed by atoms with van der Waals surface area (Å²) in [4.78, 5) is 20.6. The number of unbranched alkanes of at least 4 members (excludes halogenated alkanes) is 1. The highest BCUT2D eigenvalue weighted by Gasteiger charge is 2.39. The number of fused-ring (bicyclic) bond motifs is 1. The van der Waals surface area contributed by atoms with E-state index in [0.29, 0.717) is 18.2 Å². The van der Waals surface area contributed by atoms with Crippen LogP contribution in [0.1, 0.15) is 48.2 Å². The number of halogens is 1. The molecular weight excluding hydrogens is 481 g/mol. The molecule has 6 heteroatoms. The van der Waals surface area contributed by atoms with Crippen molar-refractivity contribution in [2.24, 2.45) is 0 Å². The smallest absolute Gasteiger partial charge is 0.275 e. The number of amides is 1. The number of benzene rings is 1. The summed E-state index contributed by atoms with van der Waals surface area (Å²) >= 11 is 4.04. The van der Waals surface area contributed by atoms with E-state index in [1.807, 2.05) is 33.1 Å². The molecule has 1 amide bonds. The largest absolute Gasteiger partial charge is 0.322 e. The zero-order valence-electron chi connectivity index (χ0n) is 15.7. The fraction of sp³-hybridized carbons (Fsp3) is 0.364. The van der Waals surface area contributed by atoms with Gasteiger partial charge in [-0.15, -0.1) is 17.3 Å². The number of piperidine rings is 1. The lowest BCUT2D eigenvalue weighted by Crippen LogP contribution is -2.51. The van der Waals surface area contributed by atoms with Gasteiger partial charge in [-0.25, -0.2) is 4.98 Å². The first-order valence-electron chi connectivity index (χ1n) is 9.59. The molecule has 28 heavy (non-hydrogen) atoms. The van der Waals surface area contributed by atoms with Gasteiger partial charge in [0.25, 0.3) is 5.91 Å². The molecule has 1 aromatic carbocycles. The molecule has 0 radical (unpaired) electrons. The number of carbonyl (C=O) groups excluding carboxylic acids is 1. The van der Waals surface area contributed by atoms with E-state index < -0.39 is 0 Å². The minimum Gasteiger partial charge on any atom is -0.322 e. The monoisotopic (exact) mass is 503 g/mol. The van der Waals surface area contributed by atoms with Crippen LogP contribution in [0.5, 0.6) is 0 Å². The van der Waals surface area contributed by atoms with Gasteiger partial charge in [-0.05, 0) is 18.4 Å². The number of alkyl halides is 1. The number of carbonyl (C=O) groups is 1. The lowest BCUT2D eigenvalue weighted by molar-refractivity contribution is 0.0665. The Morgan fingerprint density at radius 1 is 1.36 bits per heavy atom. The first-order valence-corrected chi connectivity index (χ1v) is 11.7. The summed E-state index contributed by atoms with van der Waals surface area (Å²) < 4.78 is 2.15. The van der Waals surface area contributed by atoms with Gasteiger partial charge in [0, 0.05) is 40.6 Å². The third-order valence-corrected chi connectivity index (χ3v) is 7.45. The molecule has 2 aromatic heterocycles. The van der Waals surface area contributed by atoms with Gasteiger partial charge in [0.1, 0.15) is 11.7 Å².